The molecule has 2 nitrogen and oxygen atoms in total. The number of benzene rings is 1. The highest BCUT2D eigenvalue weighted by molar-refractivity contribution is 6.81. The molecule has 0 saturated heterocycles. The van der Waals surface area contributed by atoms with E-state index in [2.05, 4.69) is 38.1 Å². The molecule has 0 amide bonds. The highest BCUT2D eigenvalue weighted by Crippen LogP contribution is 2.16. The molecular weight excluding hydrogens is 216 g/mol. The summed E-state index contributed by atoms with van der Waals surface area (Å²) in [6.45, 7) is 4.29. The summed E-state index contributed by atoms with van der Waals surface area (Å²) in [5.74, 6) is 0. The molecule has 1 aromatic carbocycles. The van der Waals surface area contributed by atoms with E-state index in [0.717, 1.165) is 12.5 Å². The van der Waals surface area contributed by atoms with Gasteiger partial charge >= 0.3 is 8.56 Å². The van der Waals surface area contributed by atoms with Gasteiger partial charge in [0.1, 0.15) is 0 Å². The van der Waals surface area contributed by atoms with Crippen LogP contribution in [0.3, 0.4) is 0 Å². The molecule has 0 saturated carbocycles. The summed E-state index contributed by atoms with van der Waals surface area (Å²) in [7, 11) is 1.37. The minimum Gasteiger partial charge on any atom is -0.394 e. The standard InChI is InChI=1S/C13H22O2Si/c1-5-6-11-16(14-3,15-4)13-9-7-12(2)8-10-13/h7-10H,5-6,11H2,1-4H3. The van der Waals surface area contributed by atoms with Crippen LogP contribution in [0.1, 0.15) is 25.3 Å². The van der Waals surface area contributed by atoms with E-state index < -0.39 is 8.56 Å². The molecule has 0 heterocycles. The van der Waals surface area contributed by atoms with Gasteiger partial charge in [0, 0.05) is 14.2 Å². The van der Waals surface area contributed by atoms with Gasteiger partial charge in [-0.15, -0.1) is 0 Å². The van der Waals surface area contributed by atoms with E-state index >= 15 is 0 Å². The van der Waals surface area contributed by atoms with Crippen LogP contribution in [0.15, 0.2) is 24.3 Å². The van der Waals surface area contributed by atoms with Gasteiger partial charge in [0.15, 0.2) is 0 Å². The fourth-order valence-electron chi connectivity index (χ4n) is 1.88. The van der Waals surface area contributed by atoms with Crippen molar-refractivity contribution in [3.8, 4) is 0 Å². The fraction of sp³-hybridized carbons (Fsp3) is 0.538. The molecule has 3 heteroatoms. The van der Waals surface area contributed by atoms with E-state index in [4.69, 9.17) is 8.85 Å². The maximum atomic E-state index is 5.73. The smallest absolute Gasteiger partial charge is 0.371 e. The van der Waals surface area contributed by atoms with Crippen molar-refractivity contribution in [2.24, 2.45) is 0 Å². The van der Waals surface area contributed by atoms with Gasteiger partial charge in [-0.3, -0.25) is 0 Å². The highest BCUT2D eigenvalue weighted by atomic mass is 28.4. The molecule has 0 aliphatic carbocycles. The SMILES string of the molecule is CCCC[Si](OC)(OC)c1ccc(C)cc1. The van der Waals surface area contributed by atoms with E-state index in [9.17, 15) is 0 Å². The minimum absolute atomic E-state index is 1.03. The summed E-state index contributed by atoms with van der Waals surface area (Å²) < 4.78 is 11.5. The Morgan fingerprint density at radius 2 is 1.62 bits per heavy atom. The minimum atomic E-state index is -2.16. The Hall–Kier alpha value is -0.643. The molecule has 1 aromatic rings. The fourth-order valence-corrected chi connectivity index (χ4v) is 4.71. The van der Waals surface area contributed by atoms with Gasteiger partial charge < -0.3 is 8.85 Å². The molecule has 0 radical (unpaired) electrons. The predicted molar refractivity (Wildman–Crippen MR) is 70.3 cm³/mol. The Balaban J connectivity index is 2.95. The van der Waals surface area contributed by atoms with Crippen LogP contribution >= 0.6 is 0 Å². The number of aryl methyl sites for hydroxylation is 1. The average Bonchev–Trinajstić information content (AvgIpc) is 2.33. The lowest BCUT2D eigenvalue weighted by molar-refractivity contribution is 0.256. The van der Waals surface area contributed by atoms with Crippen LogP contribution in [-0.2, 0) is 8.85 Å². The average molecular weight is 238 g/mol. The lowest BCUT2D eigenvalue weighted by Gasteiger charge is -2.27. The quantitative estimate of drug-likeness (QED) is 0.710. The van der Waals surface area contributed by atoms with Gasteiger partial charge in [0.2, 0.25) is 0 Å². The van der Waals surface area contributed by atoms with Crippen molar-refractivity contribution in [3.05, 3.63) is 29.8 Å². The molecule has 0 aliphatic heterocycles. The van der Waals surface area contributed by atoms with Crippen LogP contribution in [0.5, 0.6) is 0 Å². The summed E-state index contributed by atoms with van der Waals surface area (Å²) >= 11 is 0. The summed E-state index contributed by atoms with van der Waals surface area (Å²) in [4.78, 5) is 0. The van der Waals surface area contributed by atoms with Crippen LogP contribution in [0.25, 0.3) is 0 Å². The Bertz CT molecular complexity index is 304. The summed E-state index contributed by atoms with van der Waals surface area (Å²) in [5.41, 5.74) is 1.27. The van der Waals surface area contributed by atoms with Crippen LogP contribution in [0, 0.1) is 6.92 Å². The second kappa shape index (κ2) is 6.18. The second-order valence-corrected chi connectivity index (χ2v) is 7.53. The van der Waals surface area contributed by atoms with Gasteiger partial charge in [-0.05, 0) is 18.2 Å². The van der Waals surface area contributed by atoms with Crippen molar-refractivity contribution in [2.75, 3.05) is 14.2 Å². The van der Waals surface area contributed by atoms with E-state index in [-0.39, 0.29) is 0 Å². The largest absolute Gasteiger partial charge is 0.394 e. The molecule has 0 fully saturated rings. The molecule has 1 rings (SSSR count). The number of rotatable bonds is 6. The molecule has 16 heavy (non-hydrogen) atoms. The Kier molecular flexibility index (Phi) is 5.18. The monoisotopic (exact) mass is 238 g/mol. The van der Waals surface area contributed by atoms with Crippen LogP contribution in [0.2, 0.25) is 6.04 Å². The topological polar surface area (TPSA) is 18.5 Å². The Labute approximate surface area is 99.8 Å². The van der Waals surface area contributed by atoms with Gasteiger partial charge in [-0.2, -0.15) is 0 Å². The predicted octanol–water partition coefficient (Wildman–Crippen LogP) is 2.74. The van der Waals surface area contributed by atoms with Crippen molar-refractivity contribution in [1.82, 2.24) is 0 Å². The van der Waals surface area contributed by atoms with Gasteiger partial charge in [-0.25, -0.2) is 0 Å². The summed E-state index contributed by atoms with van der Waals surface area (Å²) in [6, 6.07) is 9.57. The number of hydrogen-bond acceptors (Lipinski definition) is 2. The van der Waals surface area contributed by atoms with E-state index in [0.29, 0.717) is 0 Å². The van der Waals surface area contributed by atoms with Crippen LogP contribution in [0.4, 0.5) is 0 Å². The molecule has 0 spiro atoms. The molecule has 0 bridgehead atoms. The lowest BCUT2D eigenvalue weighted by Crippen LogP contribution is -2.52. The molecule has 0 N–H and O–H groups in total. The van der Waals surface area contributed by atoms with E-state index in [1.54, 1.807) is 14.2 Å². The molecule has 0 aliphatic rings. The molecule has 0 atom stereocenters. The van der Waals surface area contributed by atoms with Gasteiger partial charge in [-0.1, -0.05) is 49.6 Å². The third kappa shape index (κ3) is 2.94. The van der Waals surface area contributed by atoms with Gasteiger partial charge in [0.25, 0.3) is 0 Å². The zero-order chi connectivity index (χ0) is 12.0. The van der Waals surface area contributed by atoms with Gasteiger partial charge in [0.05, 0.1) is 0 Å². The maximum absolute atomic E-state index is 5.73. The second-order valence-electron chi connectivity index (χ2n) is 4.13. The van der Waals surface area contributed by atoms with Crippen molar-refractivity contribution in [2.45, 2.75) is 32.7 Å². The van der Waals surface area contributed by atoms with Crippen molar-refractivity contribution in [1.29, 1.82) is 0 Å². The summed E-state index contributed by atoms with van der Waals surface area (Å²) in [5, 5.41) is 1.23. The molecule has 90 valence electrons. The first-order chi connectivity index (χ1) is 7.68. The first kappa shape index (κ1) is 13.4. The van der Waals surface area contributed by atoms with E-state index in [1.165, 1.54) is 17.2 Å². The first-order valence-electron chi connectivity index (χ1n) is 5.86. The normalized spacial score (nSPS) is 11.8. The molecular formula is C13H22O2Si. The zero-order valence-electron chi connectivity index (χ0n) is 10.7. The van der Waals surface area contributed by atoms with Crippen molar-refractivity contribution >= 4 is 13.7 Å². The Morgan fingerprint density at radius 1 is 1.06 bits per heavy atom. The van der Waals surface area contributed by atoms with Crippen LogP contribution in [-0.4, -0.2) is 22.8 Å². The third-order valence-corrected chi connectivity index (χ3v) is 6.55. The molecule has 0 unspecified atom stereocenters. The lowest BCUT2D eigenvalue weighted by atomic mass is 10.2. The third-order valence-electron chi connectivity index (χ3n) is 3.01. The van der Waals surface area contributed by atoms with Crippen LogP contribution < -0.4 is 5.19 Å². The zero-order valence-corrected chi connectivity index (χ0v) is 11.7. The first-order valence-corrected chi connectivity index (χ1v) is 7.88. The van der Waals surface area contributed by atoms with E-state index in [1.807, 2.05) is 0 Å². The highest BCUT2D eigenvalue weighted by Gasteiger charge is 2.37. The summed E-state index contributed by atoms with van der Waals surface area (Å²) in [6.07, 6.45) is 2.33. The molecule has 0 aromatic heterocycles. The Morgan fingerprint density at radius 3 is 2.06 bits per heavy atom. The van der Waals surface area contributed by atoms with Crippen molar-refractivity contribution in [3.63, 3.8) is 0 Å². The maximum Gasteiger partial charge on any atom is 0.371 e. The number of unbranched alkanes of at least 4 members (excludes halogenated alkanes) is 1. The van der Waals surface area contributed by atoms with Crippen molar-refractivity contribution < 1.29 is 8.85 Å². The number of hydrogen-bond donors (Lipinski definition) is 0.